The average Bonchev–Trinajstić information content (AvgIpc) is 2.50. The molecule has 2 N–H and O–H groups in total. The predicted octanol–water partition coefficient (Wildman–Crippen LogP) is 4.27. The highest BCUT2D eigenvalue weighted by molar-refractivity contribution is 9.10. The van der Waals surface area contributed by atoms with Gasteiger partial charge in [-0.15, -0.1) is 0 Å². The lowest BCUT2D eigenvalue weighted by Gasteiger charge is -2.11. The maximum Gasteiger partial charge on any atom is 0.340 e. The first-order valence-corrected chi connectivity index (χ1v) is 7.49. The molecule has 0 spiro atoms. The van der Waals surface area contributed by atoms with E-state index in [0.29, 0.717) is 16.9 Å². The summed E-state index contributed by atoms with van der Waals surface area (Å²) in [6.07, 6.45) is 0. The molecule has 22 heavy (non-hydrogen) atoms. The number of halogens is 1. The van der Waals surface area contributed by atoms with Crippen molar-refractivity contribution in [2.75, 3.05) is 17.2 Å². The fourth-order valence-electron chi connectivity index (χ4n) is 1.80. The van der Waals surface area contributed by atoms with Crippen LogP contribution < -0.4 is 10.6 Å². The fourth-order valence-corrected chi connectivity index (χ4v) is 2.06. The first-order valence-electron chi connectivity index (χ1n) is 6.70. The van der Waals surface area contributed by atoms with E-state index in [-0.39, 0.29) is 6.61 Å². The summed E-state index contributed by atoms with van der Waals surface area (Å²) in [6, 6.07) is 13.4. The van der Waals surface area contributed by atoms with Gasteiger partial charge >= 0.3 is 12.0 Å². The van der Waals surface area contributed by atoms with Crippen molar-refractivity contribution >= 4 is 39.3 Å². The minimum absolute atomic E-state index is 0.276. The van der Waals surface area contributed by atoms with Gasteiger partial charge in [0.15, 0.2) is 0 Å². The molecule has 0 unspecified atom stereocenters. The van der Waals surface area contributed by atoms with E-state index in [1.54, 1.807) is 43.3 Å². The smallest absolute Gasteiger partial charge is 0.340 e. The molecule has 0 aromatic heterocycles. The molecule has 2 aromatic carbocycles. The zero-order valence-corrected chi connectivity index (χ0v) is 13.5. The van der Waals surface area contributed by atoms with Crippen LogP contribution in [0.4, 0.5) is 16.2 Å². The highest BCUT2D eigenvalue weighted by Gasteiger charge is 2.13. The largest absolute Gasteiger partial charge is 0.462 e. The zero-order valence-electron chi connectivity index (χ0n) is 11.9. The third-order valence-electron chi connectivity index (χ3n) is 2.77. The second-order valence-corrected chi connectivity index (χ2v) is 5.27. The van der Waals surface area contributed by atoms with E-state index >= 15 is 0 Å². The van der Waals surface area contributed by atoms with Crippen LogP contribution in [0.5, 0.6) is 0 Å². The van der Waals surface area contributed by atoms with Gasteiger partial charge in [-0.25, -0.2) is 9.59 Å². The molecule has 0 atom stereocenters. The number of hydrogen-bond donors (Lipinski definition) is 2. The molecule has 0 aliphatic heterocycles. The Morgan fingerprint density at radius 2 is 1.73 bits per heavy atom. The van der Waals surface area contributed by atoms with Crippen molar-refractivity contribution in [2.24, 2.45) is 0 Å². The second kappa shape index (κ2) is 7.61. The van der Waals surface area contributed by atoms with Gasteiger partial charge in [0.25, 0.3) is 0 Å². The Morgan fingerprint density at radius 1 is 1.05 bits per heavy atom. The third kappa shape index (κ3) is 4.33. The van der Waals surface area contributed by atoms with Crippen LogP contribution in [-0.2, 0) is 4.74 Å². The van der Waals surface area contributed by atoms with Crippen molar-refractivity contribution in [3.05, 3.63) is 58.6 Å². The van der Waals surface area contributed by atoms with Gasteiger partial charge in [0.05, 0.1) is 17.9 Å². The summed E-state index contributed by atoms with van der Waals surface area (Å²) in [5.74, 6) is -0.470. The molecule has 2 aromatic rings. The second-order valence-electron chi connectivity index (χ2n) is 4.35. The summed E-state index contributed by atoms with van der Waals surface area (Å²) in [6.45, 7) is 2.01. The molecule has 0 aliphatic carbocycles. The number of ether oxygens (including phenoxy) is 1. The molecule has 0 heterocycles. The zero-order chi connectivity index (χ0) is 15.9. The molecule has 2 amide bonds. The lowest BCUT2D eigenvalue weighted by atomic mass is 10.2. The Bertz CT molecular complexity index is 671. The summed E-state index contributed by atoms with van der Waals surface area (Å²) >= 11 is 3.33. The van der Waals surface area contributed by atoms with Crippen LogP contribution in [0.1, 0.15) is 17.3 Å². The molecule has 5 nitrogen and oxygen atoms in total. The van der Waals surface area contributed by atoms with Gasteiger partial charge in [-0.1, -0.05) is 28.1 Å². The molecule has 0 radical (unpaired) electrons. The van der Waals surface area contributed by atoms with Crippen LogP contribution in [-0.4, -0.2) is 18.6 Å². The Morgan fingerprint density at radius 3 is 2.41 bits per heavy atom. The van der Waals surface area contributed by atoms with Crippen LogP contribution in [0.3, 0.4) is 0 Å². The number of esters is 1. The van der Waals surface area contributed by atoms with Crippen molar-refractivity contribution in [2.45, 2.75) is 6.92 Å². The number of rotatable bonds is 4. The highest BCUT2D eigenvalue weighted by atomic mass is 79.9. The molecule has 114 valence electrons. The summed E-state index contributed by atoms with van der Waals surface area (Å²) in [5.41, 5.74) is 1.36. The fraction of sp³-hybridized carbons (Fsp3) is 0.125. The number of hydrogen-bond acceptors (Lipinski definition) is 3. The Kier molecular flexibility index (Phi) is 5.55. The topological polar surface area (TPSA) is 67.4 Å². The van der Waals surface area contributed by atoms with Gasteiger partial charge < -0.3 is 15.4 Å². The number of para-hydroxylation sites is 1. The number of nitrogens with one attached hydrogen (secondary N) is 2. The summed E-state index contributed by atoms with van der Waals surface area (Å²) in [5, 5.41) is 5.34. The molecule has 0 saturated carbocycles. The monoisotopic (exact) mass is 362 g/mol. The molecule has 2 rings (SSSR count). The van der Waals surface area contributed by atoms with Gasteiger partial charge in [0.1, 0.15) is 0 Å². The molecule has 0 saturated heterocycles. The van der Waals surface area contributed by atoms with E-state index in [0.717, 1.165) is 4.47 Å². The van der Waals surface area contributed by atoms with Crippen LogP contribution in [0.25, 0.3) is 0 Å². The number of anilines is 2. The van der Waals surface area contributed by atoms with Crippen molar-refractivity contribution in [1.29, 1.82) is 0 Å². The lowest BCUT2D eigenvalue weighted by Crippen LogP contribution is -2.21. The first-order chi connectivity index (χ1) is 10.6. The minimum atomic E-state index is -0.470. The number of carbonyl (C=O) groups excluding carboxylic acids is 2. The lowest BCUT2D eigenvalue weighted by molar-refractivity contribution is 0.0527. The van der Waals surface area contributed by atoms with E-state index in [2.05, 4.69) is 26.6 Å². The first kappa shape index (κ1) is 16.0. The predicted molar refractivity (Wildman–Crippen MR) is 89.2 cm³/mol. The SMILES string of the molecule is CCOC(=O)c1ccccc1NC(=O)Nc1ccc(Br)cc1. The third-order valence-corrected chi connectivity index (χ3v) is 3.30. The van der Waals surface area contributed by atoms with Gasteiger partial charge in [0, 0.05) is 10.2 Å². The van der Waals surface area contributed by atoms with E-state index in [1.165, 1.54) is 0 Å². The maximum atomic E-state index is 12.0. The van der Waals surface area contributed by atoms with E-state index in [9.17, 15) is 9.59 Å². The van der Waals surface area contributed by atoms with E-state index < -0.39 is 12.0 Å². The van der Waals surface area contributed by atoms with Crippen molar-refractivity contribution in [1.82, 2.24) is 0 Å². The highest BCUT2D eigenvalue weighted by Crippen LogP contribution is 2.18. The quantitative estimate of drug-likeness (QED) is 0.798. The number of amides is 2. The molecular weight excluding hydrogens is 348 g/mol. The van der Waals surface area contributed by atoms with Crippen molar-refractivity contribution in [3.8, 4) is 0 Å². The molecule has 0 fully saturated rings. The normalized spacial score (nSPS) is 9.91. The summed E-state index contributed by atoms with van der Waals surface area (Å²) < 4.78 is 5.89. The van der Waals surface area contributed by atoms with Crippen molar-refractivity contribution < 1.29 is 14.3 Å². The van der Waals surface area contributed by atoms with E-state index in [4.69, 9.17) is 4.74 Å². The number of benzene rings is 2. The van der Waals surface area contributed by atoms with Crippen LogP contribution in [0.15, 0.2) is 53.0 Å². The molecule has 6 heteroatoms. The van der Waals surface area contributed by atoms with Crippen molar-refractivity contribution in [3.63, 3.8) is 0 Å². The van der Waals surface area contributed by atoms with Gasteiger partial charge in [-0.2, -0.15) is 0 Å². The van der Waals surface area contributed by atoms with Gasteiger partial charge in [-0.3, -0.25) is 0 Å². The molecule has 0 aliphatic rings. The number of urea groups is 1. The number of carbonyl (C=O) groups is 2. The molecular formula is C16H15BrN2O3. The van der Waals surface area contributed by atoms with Crippen LogP contribution >= 0.6 is 15.9 Å². The van der Waals surface area contributed by atoms with Gasteiger partial charge in [-0.05, 0) is 43.3 Å². The Hall–Kier alpha value is -2.34. The van der Waals surface area contributed by atoms with Gasteiger partial charge in [0.2, 0.25) is 0 Å². The van der Waals surface area contributed by atoms with E-state index in [1.807, 2.05) is 12.1 Å². The maximum absolute atomic E-state index is 12.0. The van der Waals surface area contributed by atoms with Crippen LogP contribution in [0.2, 0.25) is 0 Å². The van der Waals surface area contributed by atoms with Crippen LogP contribution in [0, 0.1) is 0 Å². The molecule has 0 bridgehead atoms. The summed E-state index contributed by atoms with van der Waals surface area (Å²) in [7, 11) is 0. The minimum Gasteiger partial charge on any atom is -0.462 e. The Labute approximate surface area is 136 Å². The standard InChI is InChI=1S/C16H15BrN2O3/c1-2-22-15(20)13-5-3-4-6-14(13)19-16(21)18-12-9-7-11(17)8-10-12/h3-10H,2H2,1H3,(H2,18,19,21). The summed E-state index contributed by atoms with van der Waals surface area (Å²) in [4.78, 5) is 23.9. The average molecular weight is 363 g/mol. The Balaban J connectivity index is 2.08.